The summed E-state index contributed by atoms with van der Waals surface area (Å²) in [5.41, 5.74) is -1.90. The van der Waals surface area contributed by atoms with Crippen molar-refractivity contribution in [1.82, 2.24) is 14.8 Å². The van der Waals surface area contributed by atoms with E-state index in [-0.39, 0.29) is 9.49 Å². The smallest absolute Gasteiger partial charge is 0.256 e. The molecule has 12 heteroatoms. The maximum atomic E-state index is 12.9. The summed E-state index contributed by atoms with van der Waals surface area (Å²) in [6, 6.07) is 0. The molecule has 0 spiro atoms. The van der Waals surface area contributed by atoms with Gasteiger partial charge in [-0.15, -0.1) is 0 Å². The van der Waals surface area contributed by atoms with E-state index in [1.165, 1.54) is 13.2 Å². The molecule has 0 aliphatic carbocycles. The van der Waals surface area contributed by atoms with Gasteiger partial charge in [-0.3, -0.25) is 4.68 Å². The van der Waals surface area contributed by atoms with E-state index < -0.39 is 33.0 Å². The standard InChI is InChI=1S/C9H6BrClF3N3O2S2/c1-17-7(11)4(6(16-17)9(12,13)14)3-21(18,19)8-15-2-5(10)20-8/h2H,3H2,1H3. The largest absolute Gasteiger partial charge is 0.435 e. The van der Waals surface area contributed by atoms with E-state index in [4.69, 9.17) is 11.6 Å². The summed E-state index contributed by atoms with van der Waals surface area (Å²) < 4.78 is 63.8. The van der Waals surface area contributed by atoms with E-state index in [0.717, 1.165) is 16.0 Å². The number of alkyl halides is 3. The van der Waals surface area contributed by atoms with Gasteiger partial charge in [0, 0.05) is 12.6 Å². The van der Waals surface area contributed by atoms with Gasteiger partial charge >= 0.3 is 6.18 Å². The summed E-state index contributed by atoms with van der Waals surface area (Å²) in [4.78, 5) is 3.64. The van der Waals surface area contributed by atoms with E-state index in [1.54, 1.807) is 0 Å². The topological polar surface area (TPSA) is 64.8 Å². The highest BCUT2D eigenvalue weighted by Crippen LogP contribution is 2.36. The maximum absolute atomic E-state index is 12.9. The highest BCUT2D eigenvalue weighted by molar-refractivity contribution is 9.11. The van der Waals surface area contributed by atoms with Gasteiger partial charge in [0.25, 0.3) is 0 Å². The van der Waals surface area contributed by atoms with Crippen molar-refractivity contribution in [3.63, 3.8) is 0 Å². The van der Waals surface area contributed by atoms with Gasteiger partial charge in [-0.2, -0.15) is 18.3 Å². The first-order valence-corrected chi connectivity index (χ1v) is 8.79. The normalized spacial score (nSPS) is 12.9. The predicted molar refractivity (Wildman–Crippen MR) is 73.9 cm³/mol. The summed E-state index contributed by atoms with van der Waals surface area (Å²) in [5.74, 6) is -0.922. The van der Waals surface area contributed by atoms with E-state index >= 15 is 0 Å². The summed E-state index contributed by atoms with van der Waals surface area (Å²) >= 11 is 9.58. The molecule has 0 radical (unpaired) electrons. The Morgan fingerprint density at radius 2 is 2.10 bits per heavy atom. The molecule has 0 amide bonds. The highest BCUT2D eigenvalue weighted by Gasteiger charge is 2.40. The fraction of sp³-hybridized carbons (Fsp3) is 0.333. The zero-order valence-electron chi connectivity index (χ0n) is 10.1. The van der Waals surface area contributed by atoms with Crippen LogP contribution in [0.1, 0.15) is 11.3 Å². The lowest BCUT2D eigenvalue weighted by molar-refractivity contribution is -0.141. The molecule has 0 atom stereocenters. The van der Waals surface area contributed by atoms with Gasteiger partial charge in [-0.05, 0) is 15.9 Å². The fourth-order valence-corrected chi connectivity index (χ4v) is 5.02. The molecule has 0 unspecified atom stereocenters. The van der Waals surface area contributed by atoms with Crippen molar-refractivity contribution in [2.75, 3.05) is 0 Å². The molecule has 2 rings (SSSR count). The Labute approximate surface area is 134 Å². The monoisotopic (exact) mass is 423 g/mol. The summed E-state index contributed by atoms with van der Waals surface area (Å²) in [7, 11) is -2.84. The molecule has 5 nitrogen and oxygen atoms in total. The van der Waals surface area contributed by atoms with E-state index in [2.05, 4.69) is 26.0 Å². The molecule has 21 heavy (non-hydrogen) atoms. The van der Waals surface area contributed by atoms with E-state index in [1.807, 2.05) is 0 Å². The van der Waals surface area contributed by atoms with Crippen molar-refractivity contribution in [2.45, 2.75) is 16.3 Å². The van der Waals surface area contributed by atoms with Crippen LogP contribution in [0, 0.1) is 0 Å². The quantitative estimate of drug-likeness (QED) is 0.758. The van der Waals surface area contributed by atoms with Gasteiger partial charge in [0.05, 0.1) is 15.7 Å². The van der Waals surface area contributed by atoms with Crippen LogP contribution in [-0.4, -0.2) is 23.2 Å². The fourth-order valence-electron chi connectivity index (χ4n) is 1.54. The van der Waals surface area contributed by atoms with Crippen molar-refractivity contribution in [3.05, 3.63) is 26.4 Å². The molecular weight excluding hydrogens is 419 g/mol. The number of rotatable bonds is 3. The number of aromatic nitrogens is 3. The van der Waals surface area contributed by atoms with E-state index in [9.17, 15) is 21.6 Å². The molecule has 0 bridgehead atoms. The van der Waals surface area contributed by atoms with Crippen molar-refractivity contribution in [1.29, 1.82) is 0 Å². The molecule has 2 aromatic rings. The van der Waals surface area contributed by atoms with Crippen LogP contribution in [-0.2, 0) is 28.8 Å². The molecule has 2 heterocycles. The molecule has 0 fully saturated rings. The second-order valence-electron chi connectivity index (χ2n) is 3.93. The first kappa shape index (κ1) is 16.7. The lowest BCUT2D eigenvalue weighted by Gasteiger charge is -2.06. The van der Waals surface area contributed by atoms with Gasteiger partial charge in [0.15, 0.2) is 5.69 Å². The average molecular weight is 425 g/mol. The van der Waals surface area contributed by atoms with Crippen LogP contribution >= 0.6 is 38.9 Å². The molecule has 0 N–H and O–H groups in total. The highest BCUT2D eigenvalue weighted by atomic mass is 79.9. The number of aryl methyl sites for hydroxylation is 1. The molecule has 116 valence electrons. The van der Waals surface area contributed by atoms with Crippen molar-refractivity contribution >= 4 is 48.7 Å². The maximum Gasteiger partial charge on any atom is 0.435 e. The number of hydrogen-bond acceptors (Lipinski definition) is 5. The predicted octanol–water partition coefficient (Wildman–Crippen LogP) is 3.29. The van der Waals surface area contributed by atoms with Crippen LogP contribution in [0.25, 0.3) is 0 Å². The Kier molecular flexibility index (Phi) is 4.40. The van der Waals surface area contributed by atoms with Gasteiger partial charge in [-0.25, -0.2) is 13.4 Å². The van der Waals surface area contributed by atoms with Crippen LogP contribution in [0.3, 0.4) is 0 Å². The van der Waals surface area contributed by atoms with Crippen LogP contribution in [0.5, 0.6) is 0 Å². The lowest BCUT2D eigenvalue weighted by Crippen LogP contribution is -2.12. The molecule has 0 saturated carbocycles. The summed E-state index contributed by atoms with van der Waals surface area (Å²) in [6.07, 6.45) is -3.54. The SMILES string of the molecule is Cn1nc(C(F)(F)F)c(CS(=O)(=O)c2ncc(Br)s2)c1Cl. The number of hydrogen-bond donors (Lipinski definition) is 0. The number of sulfone groups is 1. The molecule has 0 saturated heterocycles. The minimum absolute atomic E-state index is 0.289. The Morgan fingerprint density at radius 1 is 1.48 bits per heavy atom. The molecule has 0 aliphatic heterocycles. The molecule has 2 aromatic heterocycles. The summed E-state index contributed by atoms with van der Waals surface area (Å²) in [5, 5.41) is 2.86. The third-order valence-corrected chi connectivity index (χ3v) is 6.46. The van der Waals surface area contributed by atoms with Crippen LogP contribution in [0.4, 0.5) is 13.2 Å². The Balaban J connectivity index is 2.49. The summed E-state index contributed by atoms with van der Waals surface area (Å²) in [6.45, 7) is 0. The van der Waals surface area contributed by atoms with Gasteiger partial charge in [0.1, 0.15) is 5.15 Å². The molecule has 0 aromatic carbocycles. The van der Waals surface area contributed by atoms with Gasteiger partial charge in [-0.1, -0.05) is 22.9 Å². The number of halogens is 5. The Hall–Kier alpha value is -0.650. The van der Waals surface area contributed by atoms with Crippen LogP contribution in [0.2, 0.25) is 5.15 Å². The van der Waals surface area contributed by atoms with Gasteiger partial charge < -0.3 is 0 Å². The van der Waals surface area contributed by atoms with Crippen molar-refractivity contribution in [2.24, 2.45) is 7.05 Å². The third-order valence-electron chi connectivity index (χ3n) is 2.39. The number of thiazole rings is 1. The molecule has 0 aliphatic rings. The second kappa shape index (κ2) is 5.52. The van der Waals surface area contributed by atoms with E-state index in [0.29, 0.717) is 3.79 Å². The van der Waals surface area contributed by atoms with Gasteiger partial charge in [0.2, 0.25) is 14.2 Å². The minimum atomic E-state index is -4.79. The third kappa shape index (κ3) is 3.41. The lowest BCUT2D eigenvalue weighted by atomic mass is 10.3. The second-order valence-corrected chi connectivity index (χ2v) is 8.86. The zero-order chi connectivity index (χ0) is 16.0. The average Bonchev–Trinajstić information content (AvgIpc) is 2.88. The Bertz CT molecular complexity index is 785. The van der Waals surface area contributed by atoms with Crippen LogP contribution in [0.15, 0.2) is 14.3 Å². The van der Waals surface area contributed by atoms with Crippen molar-refractivity contribution < 1.29 is 21.6 Å². The first-order chi connectivity index (χ1) is 9.52. The van der Waals surface area contributed by atoms with Crippen molar-refractivity contribution in [3.8, 4) is 0 Å². The molecular formula is C9H6BrClF3N3O2S2. The minimum Gasteiger partial charge on any atom is -0.256 e. The first-order valence-electron chi connectivity index (χ1n) is 5.15. The zero-order valence-corrected chi connectivity index (χ0v) is 14.1. The Morgan fingerprint density at radius 3 is 2.57 bits per heavy atom. The number of nitrogens with zero attached hydrogens (tertiary/aromatic N) is 3. The van der Waals surface area contributed by atoms with Crippen LogP contribution < -0.4 is 0 Å².